The highest BCUT2D eigenvalue weighted by Crippen LogP contribution is 2.24. The van der Waals surface area contributed by atoms with E-state index in [0.717, 1.165) is 40.6 Å². The number of aryl methyl sites for hydroxylation is 1. The highest BCUT2D eigenvalue weighted by molar-refractivity contribution is 7.98. The van der Waals surface area contributed by atoms with Crippen molar-refractivity contribution in [2.45, 2.75) is 30.8 Å². The van der Waals surface area contributed by atoms with E-state index in [1.165, 1.54) is 5.69 Å². The zero-order valence-electron chi connectivity index (χ0n) is 11.3. The van der Waals surface area contributed by atoms with Gasteiger partial charge in [-0.15, -0.1) is 0 Å². The van der Waals surface area contributed by atoms with Crippen LogP contribution in [0.2, 0.25) is 0 Å². The minimum absolute atomic E-state index is 0.738. The fourth-order valence-electron chi connectivity index (χ4n) is 2.12. The van der Waals surface area contributed by atoms with E-state index in [0.29, 0.717) is 0 Å². The molecule has 2 aromatic heterocycles. The third kappa shape index (κ3) is 2.65. The monoisotopic (exact) mass is 287 g/mol. The third-order valence-electron chi connectivity index (χ3n) is 3.11. The van der Waals surface area contributed by atoms with Gasteiger partial charge in [-0.3, -0.25) is 0 Å². The summed E-state index contributed by atoms with van der Waals surface area (Å²) < 4.78 is 2.19. The number of aromatic amines is 1. The van der Waals surface area contributed by atoms with Crippen LogP contribution in [0.3, 0.4) is 0 Å². The smallest absolute Gasteiger partial charge is 0.166 e. The highest BCUT2D eigenvalue weighted by Gasteiger charge is 2.06. The molecule has 0 amide bonds. The Balaban J connectivity index is 1.74. The molecule has 0 aliphatic rings. The van der Waals surface area contributed by atoms with Crippen LogP contribution in [0.15, 0.2) is 35.9 Å². The molecule has 1 aromatic carbocycles. The van der Waals surface area contributed by atoms with Gasteiger partial charge in [0, 0.05) is 29.9 Å². The van der Waals surface area contributed by atoms with Gasteiger partial charge in [0.2, 0.25) is 0 Å². The molecule has 104 valence electrons. The van der Waals surface area contributed by atoms with Crippen LogP contribution in [0.4, 0.5) is 5.69 Å². The summed E-state index contributed by atoms with van der Waals surface area (Å²) >= 11 is 1.68. The van der Waals surface area contributed by atoms with E-state index < -0.39 is 0 Å². The number of hydrogen-bond donors (Lipinski definition) is 2. The molecule has 2 heterocycles. The SMILES string of the molecule is CCCn1cncc1CSc1nc2cc(N)ccc2[nH]1. The summed E-state index contributed by atoms with van der Waals surface area (Å²) in [5.74, 6) is 0.856. The molecule has 0 unspecified atom stereocenters. The Hall–Kier alpha value is -1.95. The maximum atomic E-state index is 5.77. The van der Waals surface area contributed by atoms with E-state index >= 15 is 0 Å². The van der Waals surface area contributed by atoms with Crippen LogP contribution in [0, 0.1) is 0 Å². The van der Waals surface area contributed by atoms with Gasteiger partial charge >= 0.3 is 0 Å². The van der Waals surface area contributed by atoms with Gasteiger partial charge in [0.1, 0.15) is 0 Å². The maximum absolute atomic E-state index is 5.77. The number of nitrogens with zero attached hydrogens (tertiary/aromatic N) is 3. The first-order valence-corrected chi connectivity index (χ1v) is 7.62. The van der Waals surface area contributed by atoms with Crippen LogP contribution in [0.1, 0.15) is 19.0 Å². The average molecular weight is 287 g/mol. The summed E-state index contributed by atoms with van der Waals surface area (Å²) in [4.78, 5) is 12.1. The van der Waals surface area contributed by atoms with Crippen molar-refractivity contribution in [3.8, 4) is 0 Å². The largest absolute Gasteiger partial charge is 0.399 e. The van der Waals surface area contributed by atoms with Crippen LogP contribution in [0.5, 0.6) is 0 Å². The lowest BCUT2D eigenvalue weighted by atomic mass is 10.3. The fourth-order valence-corrected chi connectivity index (χ4v) is 2.99. The van der Waals surface area contributed by atoms with E-state index in [1.807, 2.05) is 30.7 Å². The number of nitrogens with two attached hydrogens (primary N) is 1. The van der Waals surface area contributed by atoms with Gasteiger partial charge in [0.05, 0.1) is 17.4 Å². The Labute approximate surface area is 121 Å². The summed E-state index contributed by atoms with van der Waals surface area (Å²) in [6, 6.07) is 5.73. The molecule has 0 spiro atoms. The number of nitrogen functional groups attached to an aromatic ring is 1. The lowest BCUT2D eigenvalue weighted by molar-refractivity contribution is 0.659. The number of nitrogens with one attached hydrogen (secondary N) is 1. The van der Waals surface area contributed by atoms with Crippen molar-refractivity contribution in [2.24, 2.45) is 0 Å². The number of thioether (sulfide) groups is 1. The molecule has 3 N–H and O–H groups in total. The van der Waals surface area contributed by atoms with Crippen LogP contribution < -0.4 is 5.73 Å². The predicted octanol–water partition coefficient (Wildman–Crippen LogP) is 3.04. The number of benzene rings is 1. The first-order valence-electron chi connectivity index (χ1n) is 6.63. The number of imidazole rings is 2. The van der Waals surface area contributed by atoms with E-state index in [1.54, 1.807) is 11.8 Å². The molecule has 20 heavy (non-hydrogen) atoms. The zero-order valence-corrected chi connectivity index (χ0v) is 12.2. The Morgan fingerprint density at radius 3 is 3.15 bits per heavy atom. The molecule has 3 aromatic rings. The number of anilines is 1. The normalized spacial score (nSPS) is 11.2. The Morgan fingerprint density at radius 2 is 2.30 bits per heavy atom. The molecule has 0 aliphatic heterocycles. The van der Waals surface area contributed by atoms with Gasteiger partial charge in [0.15, 0.2) is 5.16 Å². The second-order valence-electron chi connectivity index (χ2n) is 4.69. The fraction of sp³-hybridized carbons (Fsp3) is 0.286. The molecular weight excluding hydrogens is 270 g/mol. The first-order chi connectivity index (χ1) is 9.76. The maximum Gasteiger partial charge on any atom is 0.166 e. The van der Waals surface area contributed by atoms with Gasteiger partial charge < -0.3 is 15.3 Å². The zero-order chi connectivity index (χ0) is 13.9. The van der Waals surface area contributed by atoms with Crippen molar-refractivity contribution in [2.75, 3.05) is 5.73 Å². The van der Waals surface area contributed by atoms with Crippen LogP contribution >= 0.6 is 11.8 Å². The second-order valence-corrected chi connectivity index (χ2v) is 5.65. The van der Waals surface area contributed by atoms with Crippen molar-refractivity contribution >= 4 is 28.5 Å². The lowest BCUT2D eigenvalue weighted by Crippen LogP contribution is -1.99. The second kappa shape index (κ2) is 5.58. The standard InChI is InChI=1S/C14H17N5S/c1-2-5-19-9-16-7-11(19)8-20-14-17-12-4-3-10(15)6-13(12)18-14/h3-4,6-7,9H,2,5,8,15H2,1H3,(H,17,18). The summed E-state index contributed by atoms with van der Waals surface area (Å²) in [6.07, 6.45) is 4.92. The minimum atomic E-state index is 0.738. The third-order valence-corrected chi connectivity index (χ3v) is 4.01. The number of hydrogen-bond acceptors (Lipinski definition) is 4. The van der Waals surface area contributed by atoms with E-state index in [2.05, 4.69) is 26.4 Å². The quantitative estimate of drug-likeness (QED) is 0.559. The van der Waals surface area contributed by atoms with Crippen molar-refractivity contribution < 1.29 is 0 Å². The van der Waals surface area contributed by atoms with Gasteiger partial charge in [-0.25, -0.2) is 9.97 Å². The molecule has 0 aliphatic carbocycles. The lowest BCUT2D eigenvalue weighted by Gasteiger charge is -2.04. The van der Waals surface area contributed by atoms with Crippen LogP contribution in [-0.2, 0) is 12.3 Å². The summed E-state index contributed by atoms with van der Waals surface area (Å²) in [7, 11) is 0. The van der Waals surface area contributed by atoms with E-state index in [9.17, 15) is 0 Å². The van der Waals surface area contributed by atoms with Crippen LogP contribution in [-0.4, -0.2) is 19.5 Å². The number of H-pyrrole nitrogens is 1. The van der Waals surface area contributed by atoms with Gasteiger partial charge in [0.25, 0.3) is 0 Å². The summed E-state index contributed by atoms with van der Waals surface area (Å²) in [5.41, 5.74) is 9.65. The number of rotatable bonds is 5. The molecule has 0 saturated heterocycles. The van der Waals surface area contributed by atoms with Crippen molar-refractivity contribution in [3.63, 3.8) is 0 Å². The van der Waals surface area contributed by atoms with Crippen molar-refractivity contribution in [1.29, 1.82) is 0 Å². The molecule has 0 bridgehead atoms. The molecule has 0 saturated carbocycles. The Bertz CT molecular complexity index is 715. The van der Waals surface area contributed by atoms with Gasteiger partial charge in [-0.1, -0.05) is 18.7 Å². The average Bonchev–Trinajstić information content (AvgIpc) is 3.02. The molecule has 6 heteroatoms. The first kappa shape index (κ1) is 13.1. The topological polar surface area (TPSA) is 72.5 Å². The molecule has 0 radical (unpaired) electrons. The minimum Gasteiger partial charge on any atom is -0.399 e. The molecular formula is C14H17N5S. The van der Waals surface area contributed by atoms with Crippen molar-refractivity contribution in [3.05, 3.63) is 36.4 Å². The van der Waals surface area contributed by atoms with E-state index in [-0.39, 0.29) is 0 Å². The highest BCUT2D eigenvalue weighted by atomic mass is 32.2. The van der Waals surface area contributed by atoms with Gasteiger partial charge in [-0.2, -0.15) is 0 Å². The molecule has 0 atom stereocenters. The molecule has 0 fully saturated rings. The summed E-state index contributed by atoms with van der Waals surface area (Å²) in [5, 5.41) is 0.912. The van der Waals surface area contributed by atoms with Crippen LogP contribution in [0.25, 0.3) is 11.0 Å². The number of fused-ring (bicyclic) bond motifs is 1. The Kier molecular flexibility index (Phi) is 3.64. The number of aromatic nitrogens is 4. The van der Waals surface area contributed by atoms with Crippen molar-refractivity contribution in [1.82, 2.24) is 19.5 Å². The molecule has 3 rings (SSSR count). The summed E-state index contributed by atoms with van der Waals surface area (Å²) in [6.45, 7) is 3.17. The predicted molar refractivity (Wildman–Crippen MR) is 82.6 cm³/mol. The van der Waals surface area contributed by atoms with E-state index in [4.69, 9.17) is 5.73 Å². The Morgan fingerprint density at radius 1 is 1.40 bits per heavy atom. The molecule has 5 nitrogen and oxygen atoms in total. The van der Waals surface area contributed by atoms with Gasteiger partial charge in [-0.05, 0) is 24.6 Å².